The molecule has 190 valence electrons. The van der Waals surface area contributed by atoms with Gasteiger partial charge in [-0.05, 0) is 84.1 Å². The second kappa shape index (κ2) is 10.2. The van der Waals surface area contributed by atoms with Crippen molar-refractivity contribution in [3.05, 3.63) is 29.3 Å². The zero-order chi connectivity index (χ0) is 26.0. The van der Waals surface area contributed by atoms with Crippen LogP contribution in [0.2, 0.25) is 0 Å². The first-order valence-electron chi connectivity index (χ1n) is 11.6. The number of aliphatic hydroxyl groups excluding tert-OH is 1. The summed E-state index contributed by atoms with van der Waals surface area (Å²) in [6.07, 6.45) is -0.146. The van der Waals surface area contributed by atoms with Gasteiger partial charge in [-0.25, -0.2) is 4.79 Å². The van der Waals surface area contributed by atoms with E-state index in [4.69, 9.17) is 4.74 Å². The molecule has 4 atom stereocenters. The second-order valence-corrected chi connectivity index (χ2v) is 11.1. The predicted octanol–water partition coefficient (Wildman–Crippen LogP) is 2.78. The number of alkyl carbamates (subject to hydrolysis) is 1. The van der Waals surface area contributed by atoms with Gasteiger partial charge in [-0.15, -0.1) is 0 Å². The van der Waals surface area contributed by atoms with Crippen molar-refractivity contribution in [1.82, 2.24) is 15.5 Å². The van der Waals surface area contributed by atoms with Crippen molar-refractivity contribution in [3.8, 4) is 5.75 Å². The van der Waals surface area contributed by atoms with Crippen LogP contribution in [0.5, 0.6) is 5.75 Å². The minimum atomic E-state index is -1.29. The average molecular weight is 478 g/mol. The Bertz CT molecular complexity index is 918. The number of benzene rings is 1. The molecule has 1 saturated carbocycles. The molecule has 1 aliphatic rings. The van der Waals surface area contributed by atoms with Crippen LogP contribution in [0.25, 0.3) is 0 Å². The highest BCUT2D eigenvalue weighted by Crippen LogP contribution is 2.41. The topological polar surface area (TPSA) is 128 Å². The number of amides is 3. The summed E-state index contributed by atoms with van der Waals surface area (Å²) in [6.45, 7) is 13.6. The third kappa shape index (κ3) is 7.35. The predicted molar refractivity (Wildman–Crippen MR) is 128 cm³/mol. The molecule has 1 aliphatic carbocycles. The normalized spacial score (nSPS) is 19.6. The van der Waals surface area contributed by atoms with Crippen LogP contribution in [0.15, 0.2) is 18.2 Å². The number of phenolic OH excluding ortho intramolecular Hbond substituents is 1. The van der Waals surface area contributed by atoms with Crippen LogP contribution in [-0.2, 0) is 14.3 Å². The number of carbonyl (C=O) groups is 3. The fourth-order valence-corrected chi connectivity index (χ4v) is 3.71. The van der Waals surface area contributed by atoms with Crippen molar-refractivity contribution in [1.29, 1.82) is 0 Å². The Morgan fingerprint density at radius 3 is 2.21 bits per heavy atom. The smallest absolute Gasteiger partial charge is 0.408 e. The van der Waals surface area contributed by atoms with E-state index in [2.05, 4.69) is 10.6 Å². The molecule has 4 unspecified atom stereocenters. The van der Waals surface area contributed by atoms with Gasteiger partial charge in [-0.1, -0.05) is 13.0 Å². The monoisotopic (exact) mass is 477 g/mol. The van der Waals surface area contributed by atoms with Crippen LogP contribution >= 0.6 is 0 Å². The van der Waals surface area contributed by atoms with Gasteiger partial charge in [0.15, 0.2) is 0 Å². The van der Waals surface area contributed by atoms with Gasteiger partial charge in [0.25, 0.3) is 0 Å². The number of aromatic hydroxyl groups is 1. The first-order valence-corrected chi connectivity index (χ1v) is 11.6. The Kier molecular flexibility index (Phi) is 8.24. The molecule has 0 heterocycles. The third-order valence-corrected chi connectivity index (χ3v) is 5.41. The van der Waals surface area contributed by atoms with E-state index in [0.29, 0.717) is 17.5 Å². The number of nitrogens with one attached hydrogen (secondary N) is 2. The standard InChI is InChI=1S/C25H39N3O6/c1-14-12-18(14)28(22(32)17(13-29)26-23(33)34-25(6,7)8)20(21(31)27-24(3,4)5)16-9-10-19(30)15(2)11-16/h9-11,14,17-18,20,29-30H,12-13H2,1-8H3,(H,26,33)(H,27,31). The molecule has 1 aromatic rings. The summed E-state index contributed by atoms with van der Waals surface area (Å²) in [7, 11) is 0. The molecule has 4 N–H and O–H groups in total. The number of nitrogens with zero attached hydrogens (tertiary/aromatic N) is 1. The number of carbonyl (C=O) groups excluding carboxylic acids is 3. The molecule has 0 saturated heterocycles. The number of ether oxygens (including phenoxy) is 1. The van der Waals surface area contributed by atoms with Gasteiger partial charge in [0, 0.05) is 11.6 Å². The summed E-state index contributed by atoms with van der Waals surface area (Å²) >= 11 is 0. The Balaban J connectivity index is 2.48. The van der Waals surface area contributed by atoms with Gasteiger partial charge < -0.3 is 30.5 Å². The van der Waals surface area contributed by atoms with Crippen LogP contribution in [0.4, 0.5) is 4.79 Å². The Hall–Kier alpha value is -2.81. The van der Waals surface area contributed by atoms with Crippen LogP contribution in [0, 0.1) is 12.8 Å². The van der Waals surface area contributed by atoms with E-state index < -0.39 is 41.8 Å². The van der Waals surface area contributed by atoms with Gasteiger partial charge in [-0.3, -0.25) is 9.59 Å². The SMILES string of the molecule is Cc1cc(C(C(=O)NC(C)(C)C)N(C(=O)C(CO)NC(=O)OC(C)(C)C)C2CC2C)ccc1O. The Morgan fingerprint density at radius 2 is 1.76 bits per heavy atom. The molecule has 34 heavy (non-hydrogen) atoms. The maximum atomic E-state index is 13.7. The van der Waals surface area contributed by atoms with Crippen molar-refractivity contribution >= 4 is 17.9 Å². The lowest BCUT2D eigenvalue weighted by molar-refractivity contribution is -0.144. The minimum absolute atomic E-state index is 0.0798. The molecule has 0 bridgehead atoms. The van der Waals surface area contributed by atoms with Crippen molar-refractivity contribution in [2.24, 2.45) is 5.92 Å². The van der Waals surface area contributed by atoms with Crippen molar-refractivity contribution in [2.45, 2.75) is 91.1 Å². The summed E-state index contributed by atoms with van der Waals surface area (Å²) in [5.41, 5.74) is -0.251. The summed E-state index contributed by atoms with van der Waals surface area (Å²) in [6, 6.07) is 2.22. The Morgan fingerprint density at radius 1 is 1.18 bits per heavy atom. The largest absolute Gasteiger partial charge is 0.508 e. The van der Waals surface area contributed by atoms with Crippen LogP contribution < -0.4 is 10.6 Å². The van der Waals surface area contributed by atoms with Crippen molar-refractivity contribution in [3.63, 3.8) is 0 Å². The highest BCUT2D eigenvalue weighted by Gasteiger charge is 2.48. The summed E-state index contributed by atoms with van der Waals surface area (Å²) < 4.78 is 5.25. The van der Waals surface area contributed by atoms with E-state index >= 15 is 0 Å². The van der Waals surface area contributed by atoms with Crippen LogP contribution in [0.3, 0.4) is 0 Å². The van der Waals surface area contributed by atoms with E-state index in [1.54, 1.807) is 39.8 Å². The first-order chi connectivity index (χ1) is 15.5. The zero-order valence-corrected chi connectivity index (χ0v) is 21.4. The van der Waals surface area contributed by atoms with E-state index in [1.807, 2.05) is 27.7 Å². The van der Waals surface area contributed by atoms with E-state index in [0.717, 1.165) is 0 Å². The van der Waals surface area contributed by atoms with Gasteiger partial charge in [0.1, 0.15) is 23.4 Å². The van der Waals surface area contributed by atoms with E-state index in [9.17, 15) is 24.6 Å². The fraction of sp³-hybridized carbons (Fsp3) is 0.640. The van der Waals surface area contributed by atoms with Crippen LogP contribution in [-0.4, -0.2) is 62.9 Å². The van der Waals surface area contributed by atoms with Gasteiger partial charge in [0.05, 0.1) is 6.61 Å². The molecule has 2 rings (SSSR count). The lowest BCUT2D eigenvalue weighted by atomic mass is 9.98. The number of rotatable bonds is 7. The number of hydrogen-bond donors (Lipinski definition) is 4. The molecule has 0 aromatic heterocycles. The van der Waals surface area contributed by atoms with Gasteiger partial charge in [0.2, 0.25) is 11.8 Å². The van der Waals surface area contributed by atoms with Crippen molar-refractivity contribution in [2.75, 3.05) is 6.61 Å². The molecule has 9 heteroatoms. The maximum Gasteiger partial charge on any atom is 0.408 e. The number of aliphatic hydroxyl groups is 1. The molecule has 0 aliphatic heterocycles. The zero-order valence-electron chi connectivity index (χ0n) is 21.4. The molecule has 1 aromatic carbocycles. The summed E-state index contributed by atoms with van der Waals surface area (Å²) in [4.78, 5) is 41.0. The van der Waals surface area contributed by atoms with Crippen molar-refractivity contribution < 1.29 is 29.3 Å². The lowest BCUT2D eigenvalue weighted by Crippen LogP contribution is -2.56. The molecular weight excluding hydrogens is 438 g/mol. The molecule has 1 fully saturated rings. The molecule has 0 spiro atoms. The van der Waals surface area contributed by atoms with E-state index in [1.165, 1.54) is 11.0 Å². The molecular formula is C25H39N3O6. The number of aryl methyl sites for hydroxylation is 1. The van der Waals surface area contributed by atoms with Gasteiger partial charge in [-0.2, -0.15) is 0 Å². The first kappa shape index (κ1) is 27.4. The highest BCUT2D eigenvalue weighted by molar-refractivity contribution is 5.93. The number of phenols is 1. The van der Waals surface area contributed by atoms with Crippen LogP contribution in [0.1, 0.15) is 72.1 Å². The molecule has 9 nitrogen and oxygen atoms in total. The maximum absolute atomic E-state index is 13.7. The highest BCUT2D eigenvalue weighted by atomic mass is 16.6. The Labute approximate surface area is 201 Å². The second-order valence-electron chi connectivity index (χ2n) is 11.1. The number of hydrogen-bond acceptors (Lipinski definition) is 6. The lowest BCUT2D eigenvalue weighted by Gasteiger charge is -2.36. The minimum Gasteiger partial charge on any atom is -0.508 e. The summed E-state index contributed by atoms with van der Waals surface area (Å²) in [5.74, 6) is -0.745. The average Bonchev–Trinajstić information content (AvgIpc) is 3.39. The summed E-state index contributed by atoms with van der Waals surface area (Å²) in [5, 5.41) is 25.4. The molecule has 0 radical (unpaired) electrons. The molecule has 3 amide bonds. The fourth-order valence-electron chi connectivity index (χ4n) is 3.71. The third-order valence-electron chi connectivity index (χ3n) is 5.41. The van der Waals surface area contributed by atoms with E-state index in [-0.39, 0.29) is 23.6 Å². The van der Waals surface area contributed by atoms with Gasteiger partial charge >= 0.3 is 6.09 Å². The quantitative estimate of drug-likeness (QED) is 0.478.